The van der Waals surface area contributed by atoms with Gasteiger partial charge in [0.2, 0.25) is 0 Å². The van der Waals surface area contributed by atoms with Gasteiger partial charge in [0.05, 0.1) is 0 Å². The molecule has 0 aromatic carbocycles. The molecule has 8 heteroatoms. The van der Waals surface area contributed by atoms with Crippen LogP contribution in [0.1, 0.15) is 0 Å². The van der Waals surface area contributed by atoms with Crippen LogP contribution in [0.15, 0.2) is 0 Å². The van der Waals surface area contributed by atoms with Crippen molar-refractivity contribution in [2.75, 3.05) is 0 Å². The molecule has 0 aliphatic heterocycles. The molecule has 0 heterocycles. The summed E-state index contributed by atoms with van der Waals surface area (Å²) in [6.07, 6.45) is 0. The van der Waals surface area contributed by atoms with Crippen molar-refractivity contribution >= 4 is 63.5 Å². The fraction of sp³-hybridized carbons (Fsp3) is 0. The molecule has 5 nitrogen and oxygen atoms in total. The monoisotopic (exact) mass is 530 g/mol. The van der Waals surface area contributed by atoms with E-state index in [-0.39, 0.29) is 53.1 Å². The molecule has 46 valence electrons. The van der Waals surface area contributed by atoms with Crippen molar-refractivity contribution in [3.05, 3.63) is 0 Å². The third kappa shape index (κ3) is 139. The maximum Gasteiger partial charge on any atom is 0 e. The van der Waals surface area contributed by atoms with Crippen LogP contribution >= 0.6 is 0 Å². The third-order valence-electron chi connectivity index (χ3n) is 0. The molecular weight excluding hydrogens is 526 g/mol. The molecule has 0 saturated carbocycles. The first kappa shape index (κ1) is 16.3. The Bertz CT molecular complexity index is 104. The van der Waals surface area contributed by atoms with Crippen molar-refractivity contribution in [2.45, 2.75) is 0 Å². The first-order chi connectivity index (χ1) is 3.00. The van der Waals surface area contributed by atoms with Gasteiger partial charge in [-0.2, -0.15) is 8.42 Å². The second-order valence-corrected chi connectivity index (χ2v) is 1.34. The maximum absolute atomic E-state index is 8.74. The zero-order chi connectivity index (χ0) is 6.50. The van der Waals surface area contributed by atoms with Crippen LogP contribution < -0.4 is 0 Å². The van der Waals surface area contributed by atoms with Crippen molar-refractivity contribution in [1.29, 1.82) is 0 Å². The van der Waals surface area contributed by atoms with E-state index in [2.05, 4.69) is 0 Å². The molecule has 8 heavy (non-hydrogen) atoms. The molecule has 0 aromatic rings. The zero-order valence-corrected chi connectivity index (χ0v) is 12.1. The third-order valence-corrected chi connectivity index (χ3v) is 0. The predicted molar refractivity (Wildman–Crippen MR) is 26.4 cm³/mol. The molecule has 0 rings (SSSR count). The van der Waals surface area contributed by atoms with Crippen LogP contribution in [0.4, 0.5) is 0 Å². The summed E-state index contributed by atoms with van der Waals surface area (Å²) in [6, 6.07) is 0. The Morgan fingerprint density at radius 3 is 1.12 bits per heavy atom. The van der Waals surface area contributed by atoms with E-state index in [1.807, 2.05) is 0 Å². The quantitative estimate of drug-likeness (QED) is 0.294. The Kier molecular flexibility index (Phi) is 17.3. The molecule has 0 atom stereocenters. The molecule has 0 aliphatic rings. The SMILES string of the molecule is O=S(=O)(O)O.[O]=[Pb].[Pb]. The van der Waals surface area contributed by atoms with E-state index in [1.165, 1.54) is 0 Å². The molecule has 0 fully saturated rings. The van der Waals surface area contributed by atoms with Crippen LogP contribution in [-0.2, 0) is 13.1 Å². The van der Waals surface area contributed by atoms with Crippen molar-refractivity contribution in [3.8, 4) is 0 Å². The molecule has 0 saturated heterocycles. The smallest absolute Gasteiger partial charge is 0 e. The Morgan fingerprint density at radius 1 is 1.12 bits per heavy atom. The van der Waals surface area contributed by atoms with Crippen molar-refractivity contribution in [3.63, 3.8) is 0 Å². The first-order valence-corrected chi connectivity index (χ1v) is 3.89. The molecule has 6 radical (unpaired) electrons. The summed E-state index contributed by atoms with van der Waals surface area (Å²) in [4.78, 5) is 0. The van der Waals surface area contributed by atoms with E-state index < -0.39 is 10.4 Å². The zero-order valence-electron chi connectivity index (χ0n) is 3.53. The van der Waals surface area contributed by atoms with Gasteiger partial charge in [0.25, 0.3) is 0 Å². The van der Waals surface area contributed by atoms with E-state index in [1.54, 1.807) is 0 Å². The van der Waals surface area contributed by atoms with Gasteiger partial charge in [-0.05, 0) is 0 Å². The molecule has 0 aromatic heterocycles. The molecule has 2 N–H and O–H groups in total. The topological polar surface area (TPSA) is 91.7 Å². The van der Waals surface area contributed by atoms with Gasteiger partial charge in [0, 0.05) is 27.3 Å². The number of hydrogen-bond acceptors (Lipinski definition) is 3. The van der Waals surface area contributed by atoms with Crippen LogP contribution in [0, 0.1) is 0 Å². The fourth-order valence-corrected chi connectivity index (χ4v) is 0. The average molecular weight is 528 g/mol. The Labute approximate surface area is 82.7 Å². The van der Waals surface area contributed by atoms with Crippen molar-refractivity contribution in [2.24, 2.45) is 0 Å². The van der Waals surface area contributed by atoms with E-state index in [9.17, 15) is 0 Å². The summed E-state index contributed by atoms with van der Waals surface area (Å²) in [6.45, 7) is 0. The number of rotatable bonds is 0. The summed E-state index contributed by atoms with van der Waals surface area (Å²) in [5, 5.41) is 0. The second-order valence-electron chi connectivity index (χ2n) is 0.448. The number of hydrogen-bond donors (Lipinski definition) is 2. The van der Waals surface area contributed by atoms with Gasteiger partial charge in [-0.15, -0.1) is 0 Å². The minimum absolute atomic E-state index is 0. The van der Waals surface area contributed by atoms with Crippen LogP contribution in [0.2, 0.25) is 0 Å². The fourth-order valence-electron chi connectivity index (χ4n) is 0. The molecule has 0 unspecified atom stereocenters. The molecule has 0 amide bonds. The van der Waals surface area contributed by atoms with Gasteiger partial charge in [-0.25, -0.2) is 0 Å². The predicted octanol–water partition coefficient (Wildman–Crippen LogP) is -1.53. The normalized spacial score (nSPS) is 7.75. The van der Waals surface area contributed by atoms with Crippen LogP contribution in [0.5, 0.6) is 0 Å². The van der Waals surface area contributed by atoms with Gasteiger partial charge in [0.1, 0.15) is 0 Å². The minimum atomic E-state index is -4.67. The van der Waals surface area contributed by atoms with E-state index >= 15 is 0 Å². The molecule has 0 bridgehead atoms. The van der Waals surface area contributed by atoms with E-state index in [4.69, 9.17) is 20.2 Å². The van der Waals surface area contributed by atoms with Crippen LogP contribution in [-0.4, -0.2) is 70.6 Å². The van der Waals surface area contributed by atoms with Crippen molar-refractivity contribution < 1.29 is 20.2 Å². The minimum Gasteiger partial charge on any atom is 0 e. The average Bonchev–Trinajstić information content (AvgIpc) is 1.36. The molecule has 0 aliphatic carbocycles. The van der Waals surface area contributed by atoms with E-state index in [0.29, 0.717) is 0 Å². The van der Waals surface area contributed by atoms with Crippen molar-refractivity contribution in [1.82, 2.24) is 0 Å². The maximum atomic E-state index is 8.74. The van der Waals surface area contributed by atoms with Crippen LogP contribution in [0.25, 0.3) is 0 Å². The van der Waals surface area contributed by atoms with Gasteiger partial charge in [-0.1, -0.05) is 0 Å². The summed E-state index contributed by atoms with van der Waals surface area (Å²) >= 11 is 0.0556. The summed E-state index contributed by atoms with van der Waals surface area (Å²) in [5.74, 6) is 0. The Balaban J connectivity index is -0.0000000750. The van der Waals surface area contributed by atoms with Gasteiger partial charge in [-0.3, -0.25) is 9.11 Å². The standard InChI is InChI=1S/H2O4S.O.2Pb/c1-5(2,3)4;;;/h(H2,1,2,3,4);;;. The summed E-state index contributed by atoms with van der Waals surface area (Å²) < 4.78 is 40.0. The van der Waals surface area contributed by atoms with Crippen LogP contribution in [0.3, 0.4) is 0 Å². The summed E-state index contributed by atoms with van der Waals surface area (Å²) in [5.41, 5.74) is 0. The summed E-state index contributed by atoms with van der Waals surface area (Å²) in [7, 11) is -4.67. The first-order valence-electron chi connectivity index (χ1n) is 0.903. The van der Waals surface area contributed by atoms with Gasteiger partial charge < -0.3 is 0 Å². The largest absolute Gasteiger partial charge is 0 e. The van der Waals surface area contributed by atoms with Gasteiger partial charge >= 0.3 is 38.9 Å². The van der Waals surface area contributed by atoms with E-state index in [0.717, 1.165) is 0 Å². The molecule has 0 spiro atoms. The Morgan fingerprint density at radius 2 is 1.12 bits per heavy atom. The second kappa shape index (κ2) is 8.51. The molecular formula is H2O5Pb2S. The Hall–Kier alpha value is 1.51. The van der Waals surface area contributed by atoms with Gasteiger partial charge in [0.15, 0.2) is 0 Å².